The molecule has 0 saturated heterocycles. The smallest absolute Gasteiger partial charge is 0.160 e. The molecule has 3 aromatic rings. The topological polar surface area (TPSA) is 54.5 Å². The summed E-state index contributed by atoms with van der Waals surface area (Å²) in [4.78, 5) is 9.03. The Morgan fingerprint density at radius 3 is 2.65 bits per heavy atom. The molecule has 0 aliphatic rings. The van der Waals surface area contributed by atoms with Crippen LogP contribution in [0.3, 0.4) is 0 Å². The Labute approximate surface area is 117 Å². The highest BCUT2D eigenvalue weighted by molar-refractivity contribution is 5.72. The highest BCUT2D eigenvalue weighted by Crippen LogP contribution is 2.17. The fourth-order valence-electron chi connectivity index (χ4n) is 2.28. The lowest BCUT2D eigenvalue weighted by atomic mass is 10.1. The van der Waals surface area contributed by atoms with Crippen LogP contribution in [0.15, 0.2) is 36.5 Å². The zero-order valence-corrected chi connectivity index (χ0v) is 11.5. The lowest BCUT2D eigenvalue weighted by Gasteiger charge is -2.06. The third-order valence-corrected chi connectivity index (χ3v) is 3.34. The number of hydrogen-bond acceptors (Lipinski definition) is 3. The quantitative estimate of drug-likeness (QED) is 0.713. The van der Waals surface area contributed by atoms with Crippen LogP contribution >= 0.6 is 0 Å². The van der Waals surface area contributed by atoms with Crippen LogP contribution in [0.5, 0.6) is 0 Å². The van der Waals surface area contributed by atoms with Crippen molar-refractivity contribution in [3.05, 3.63) is 59.0 Å². The highest BCUT2D eigenvalue weighted by Gasteiger charge is 2.09. The molecule has 98 valence electrons. The average molecular weight is 262 g/mol. The molecule has 0 amide bonds. The summed E-state index contributed by atoms with van der Waals surface area (Å²) in [7, 11) is 0. The van der Waals surface area contributed by atoms with Crippen LogP contribution in [0.1, 0.15) is 22.5 Å². The Kier molecular flexibility index (Phi) is 2.96. The van der Waals surface area contributed by atoms with E-state index in [1.54, 1.807) is 0 Å². The second-order valence-electron chi connectivity index (χ2n) is 4.91. The van der Waals surface area contributed by atoms with Crippen molar-refractivity contribution >= 4 is 11.2 Å². The van der Waals surface area contributed by atoms with E-state index in [1.807, 2.05) is 50.4 Å². The van der Waals surface area contributed by atoms with Crippen LogP contribution in [0.2, 0.25) is 0 Å². The molecule has 3 rings (SSSR count). The Hall–Kier alpha value is -2.67. The Morgan fingerprint density at radius 1 is 1.20 bits per heavy atom. The normalized spacial score (nSPS) is 10.7. The van der Waals surface area contributed by atoms with Gasteiger partial charge in [0.2, 0.25) is 0 Å². The maximum absolute atomic E-state index is 8.82. The molecule has 0 N–H and O–H groups in total. The molecule has 4 nitrogen and oxygen atoms in total. The summed E-state index contributed by atoms with van der Waals surface area (Å²) < 4.78 is 2.09. The molecule has 0 unspecified atom stereocenters. The Balaban J connectivity index is 2.01. The lowest BCUT2D eigenvalue weighted by molar-refractivity contribution is 0.777. The predicted molar refractivity (Wildman–Crippen MR) is 77.3 cm³/mol. The van der Waals surface area contributed by atoms with Gasteiger partial charge in [-0.2, -0.15) is 5.26 Å². The molecule has 1 aromatic carbocycles. The fraction of sp³-hybridized carbons (Fsp3) is 0.188. The molecule has 0 radical (unpaired) electrons. The summed E-state index contributed by atoms with van der Waals surface area (Å²) in [6, 6.07) is 11.8. The first-order valence-corrected chi connectivity index (χ1v) is 6.46. The predicted octanol–water partition coefficient (Wildman–Crippen LogP) is 2.97. The van der Waals surface area contributed by atoms with Gasteiger partial charge in [-0.15, -0.1) is 0 Å². The van der Waals surface area contributed by atoms with E-state index in [0.29, 0.717) is 12.1 Å². The molecule has 20 heavy (non-hydrogen) atoms. The molecule has 0 atom stereocenters. The van der Waals surface area contributed by atoms with Crippen molar-refractivity contribution in [2.45, 2.75) is 20.4 Å². The number of aryl methyl sites for hydroxylation is 2. The molecule has 0 bridgehead atoms. The van der Waals surface area contributed by atoms with Crippen molar-refractivity contribution in [3.8, 4) is 6.07 Å². The number of hydrogen-bond donors (Lipinski definition) is 0. The van der Waals surface area contributed by atoms with E-state index in [2.05, 4.69) is 20.6 Å². The number of pyridine rings is 1. The standard InChI is InChI=1S/C16H14N4/c1-11-7-15-16(18-9-11)20(12(2)19-15)10-14-5-3-13(8-17)4-6-14/h3-7,9H,10H2,1-2H3. The van der Waals surface area contributed by atoms with Crippen LogP contribution in [0.4, 0.5) is 0 Å². The summed E-state index contributed by atoms with van der Waals surface area (Å²) in [5, 5.41) is 8.82. The van der Waals surface area contributed by atoms with Gasteiger partial charge in [0.1, 0.15) is 11.3 Å². The van der Waals surface area contributed by atoms with Crippen LogP contribution in [-0.2, 0) is 6.54 Å². The molecule has 0 aliphatic heterocycles. The Bertz CT molecular complexity index is 807. The summed E-state index contributed by atoms with van der Waals surface area (Å²) in [6.45, 7) is 4.71. The molecule has 0 aliphatic carbocycles. The molecular formula is C16H14N4. The van der Waals surface area contributed by atoms with E-state index < -0.39 is 0 Å². The number of benzene rings is 1. The first-order chi connectivity index (χ1) is 9.67. The third kappa shape index (κ3) is 2.14. The van der Waals surface area contributed by atoms with Gasteiger partial charge < -0.3 is 4.57 Å². The highest BCUT2D eigenvalue weighted by atomic mass is 15.1. The lowest BCUT2D eigenvalue weighted by Crippen LogP contribution is -2.03. The first-order valence-electron chi connectivity index (χ1n) is 6.46. The SMILES string of the molecule is Cc1cnc2c(c1)nc(C)n2Cc1ccc(C#N)cc1. The number of aromatic nitrogens is 3. The van der Waals surface area contributed by atoms with Crippen molar-refractivity contribution in [1.29, 1.82) is 5.26 Å². The number of nitriles is 1. The monoisotopic (exact) mass is 262 g/mol. The summed E-state index contributed by atoms with van der Waals surface area (Å²) in [6.07, 6.45) is 1.86. The van der Waals surface area contributed by atoms with Crippen molar-refractivity contribution in [1.82, 2.24) is 14.5 Å². The minimum Gasteiger partial charge on any atom is -0.308 e. The average Bonchev–Trinajstić information content (AvgIpc) is 2.75. The van der Waals surface area contributed by atoms with Crippen LogP contribution < -0.4 is 0 Å². The first kappa shape index (κ1) is 12.4. The van der Waals surface area contributed by atoms with Gasteiger partial charge in [0.05, 0.1) is 18.2 Å². The van der Waals surface area contributed by atoms with E-state index in [1.165, 1.54) is 0 Å². The van der Waals surface area contributed by atoms with Crippen LogP contribution in [-0.4, -0.2) is 14.5 Å². The molecule has 0 saturated carbocycles. The van der Waals surface area contributed by atoms with Crippen molar-refractivity contribution < 1.29 is 0 Å². The van der Waals surface area contributed by atoms with E-state index >= 15 is 0 Å². The van der Waals surface area contributed by atoms with Gasteiger partial charge in [-0.1, -0.05) is 12.1 Å². The molecular weight excluding hydrogens is 248 g/mol. The fourth-order valence-corrected chi connectivity index (χ4v) is 2.28. The zero-order chi connectivity index (χ0) is 14.1. The van der Waals surface area contributed by atoms with Gasteiger partial charge in [-0.25, -0.2) is 9.97 Å². The molecule has 0 fully saturated rings. The minimum atomic E-state index is 0.676. The summed E-state index contributed by atoms with van der Waals surface area (Å²) >= 11 is 0. The van der Waals surface area contributed by atoms with Crippen molar-refractivity contribution in [2.75, 3.05) is 0 Å². The molecule has 2 heterocycles. The van der Waals surface area contributed by atoms with Gasteiger partial charge in [0.25, 0.3) is 0 Å². The van der Waals surface area contributed by atoms with Crippen molar-refractivity contribution in [2.24, 2.45) is 0 Å². The molecule has 0 spiro atoms. The number of nitrogens with zero attached hydrogens (tertiary/aromatic N) is 4. The minimum absolute atomic E-state index is 0.676. The van der Waals surface area contributed by atoms with Crippen LogP contribution in [0, 0.1) is 25.2 Å². The second kappa shape index (κ2) is 4.78. The second-order valence-corrected chi connectivity index (χ2v) is 4.91. The zero-order valence-electron chi connectivity index (χ0n) is 11.5. The van der Waals surface area contributed by atoms with E-state index in [4.69, 9.17) is 5.26 Å². The summed E-state index contributed by atoms with van der Waals surface area (Å²) in [5.74, 6) is 0.947. The Morgan fingerprint density at radius 2 is 1.95 bits per heavy atom. The maximum atomic E-state index is 8.82. The van der Waals surface area contributed by atoms with Gasteiger partial charge in [-0.05, 0) is 43.2 Å². The van der Waals surface area contributed by atoms with Gasteiger partial charge in [0.15, 0.2) is 5.65 Å². The molecule has 4 heteroatoms. The third-order valence-electron chi connectivity index (χ3n) is 3.34. The van der Waals surface area contributed by atoms with E-state index in [0.717, 1.165) is 28.1 Å². The van der Waals surface area contributed by atoms with Gasteiger partial charge in [0, 0.05) is 6.20 Å². The maximum Gasteiger partial charge on any atom is 0.160 e. The van der Waals surface area contributed by atoms with E-state index in [-0.39, 0.29) is 0 Å². The largest absolute Gasteiger partial charge is 0.308 e. The van der Waals surface area contributed by atoms with Gasteiger partial charge >= 0.3 is 0 Å². The number of rotatable bonds is 2. The summed E-state index contributed by atoms with van der Waals surface area (Å²) in [5.41, 5.74) is 4.75. The number of fused-ring (bicyclic) bond motifs is 1. The molecule has 2 aromatic heterocycles. The number of imidazole rings is 1. The van der Waals surface area contributed by atoms with Crippen LogP contribution in [0.25, 0.3) is 11.2 Å². The van der Waals surface area contributed by atoms with Crippen molar-refractivity contribution in [3.63, 3.8) is 0 Å². The van der Waals surface area contributed by atoms with Gasteiger partial charge in [-0.3, -0.25) is 0 Å². The van der Waals surface area contributed by atoms with E-state index in [9.17, 15) is 0 Å².